The maximum atomic E-state index is 12.8. The maximum absolute atomic E-state index is 12.8. The molecular formula is C19H19NO2. The van der Waals surface area contributed by atoms with E-state index in [-0.39, 0.29) is 18.2 Å². The van der Waals surface area contributed by atoms with Gasteiger partial charge >= 0.3 is 0 Å². The number of rotatable bonds is 4. The fourth-order valence-electron chi connectivity index (χ4n) is 3.26. The molecule has 1 heterocycles. The summed E-state index contributed by atoms with van der Waals surface area (Å²) in [5.41, 5.74) is 1.53. The highest BCUT2D eigenvalue weighted by Gasteiger charge is 2.49. The predicted octanol–water partition coefficient (Wildman–Crippen LogP) is 2.85. The summed E-state index contributed by atoms with van der Waals surface area (Å²) in [6.45, 7) is 0. The Bertz CT molecular complexity index is 638. The molecule has 1 saturated heterocycles. The molecule has 1 aliphatic heterocycles. The number of nitrogens with zero attached hydrogens (tertiary/aromatic N) is 1. The van der Waals surface area contributed by atoms with E-state index >= 15 is 0 Å². The molecule has 0 N–H and O–H groups in total. The van der Waals surface area contributed by atoms with Crippen LogP contribution in [0.25, 0.3) is 0 Å². The van der Waals surface area contributed by atoms with Crippen molar-refractivity contribution in [3.63, 3.8) is 0 Å². The van der Waals surface area contributed by atoms with E-state index in [1.165, 1.54) is 4.90 Å². The normalized spacial score (nSPS) is 17.0. The van der Waals surface area contributed by atoms with Crippen LogP contribution in [0, 0.1) is 5.41 Å². The van der Waals surface area contributed by atoms with Crippen molar-refractivity contribution in [1.29, 1.82) is 0 Å². The first-order valence-electron chi connectivity index (χ1n) is 7.50. The molecule has 22 heavy (non-hydrogen) atoms. The van der Waals surface area contributed by atoms with Gasteiger partial charge in [0.05, 0.1) is 5.41 Å². The second kappa shape index (κ2) is 5.76. The van der Waals surface area contributed by atoms with Gasteiger partial charge < -0.3 is 0 Å². The van der Waals surface area contributed by atoms with Gasteiger partial charge in [0.2, 0.25) is 11.8 Å². The molecule has 1 aliphatic rings. The summed E-state index contributed by atoms with van der Waals surface area (Å²) in [7, 11) is 1.59. The molecule has 2 amide bonds. The van der Waals surface area contributed by atoms with Crippen molar-refractivity contribution in [3.05, 3.63) is 71.8 Å². The summed E-state index contributed by atoms with van der Waals surface area (Å²) >= 11 is 0. The summed E-state index contributed by atoms with van der Waals surface area (Å²) in [6, 6.07) is 19.9. The van der Waals surface area contributed by atoms with Crippen LogP contribution in [0.15, 0.2) is 60.7 Å². The van der Waals surface area contributed by atoms with Crippen molar-refractivity contribution in [1.82, 2.24) is 4.90 Å². The molecule has 0 aliphatic carbocycles. The minimum Gasteiger partial charge on any atom is -0.285 e. The first kappa shape index (κ1) is 14.5. The van der Waals surface area contributed by atoms with Gasteiger partial charge in [0.25, 0.3) is 0 Å². The number of amides is 2. The van der Waals surface area contributed by atoms with Crippen LogP contribution in [-0.4, -0.2) is 23.8 Å². The summed E-state index contributed by atoms with van der Waals surface area (Å²) in [5, 5.41) is 0. The lowest BCUT2D eigenvalue weighted by Gasteiger charge is -2.26. The maximum Gasteiger partial charge on any atom is 0.236 e. The van der Waals surface area contributed by atoms with E-state index in [0.29, 0.717) is 12.8 Å². The Balaban J connectivity index is 1.96. The lowest BCUT2D eigenvalue weighted by molar-refractivity contribution is -0.139. The largest absolute Gasteiger partial charge is 0.285 e. The molecule has 0 aromatic heterocycles. The minimum atomic E-state index is -0.658. The molecule has 112 valence electrons. The average molecular weight is 293 g/mol. The van der Waals surface area contributed by atoms with Gasteiger partial charge in [0.15, 0.2) is 0 Å². The molecular weight excluding hydrogens is 274 g/mol. The first-order chi connectivity index (χ1) is 10.6. The number of imide groups is 1. The van der Waals surface area contributed by atoms with E-state index in [9.17, 15) is 9.59 Å². The van der Waals surface area contributed by atoms with Crippen molar-refractivity contribution in [2.24, 2.45) is 5.41 Å². The van der Waals surface area contributed by atoms with Crippen LogP contribution in [-0.2, 0) is 22.4 Å². The van der Waals surface area contributed by atoms with Gasteiger partial charge in [-0.25, -0.2) is 0 Å². The fourth-order valence-corrected chi connectivity index (χ4v) is 3.26. The van der Waals surface area contributed by atoms with Crippen molar-refractivity contribution in [3.8, 4) is 0 Å². The van der Waals surface area contributed by atoms with Gasteiger partial charge in [-0.05, 0) is 24.0 Å². The molecule has 0 saturated carbocycles. The Kier molecular flexibility index (Phi) is 3.80. The van der Waals surface area contributed by atoms with Crippen LogP contribution in [0.1, 0.15) is 17.5 Å². The van der Waals surface area contributed by atoms with Gasteiger partial charge in [-0.1, -0.05) is 60.7 Å². The Hall–Kier alpha value is -2.42. The third-order valence-corrected chi connectivity index (χ3v) is 4.39. The summed E-state index contributed by atoms with van der Waals surface area (Å²) in [4.78, 5) is 26.1. The van der Waals surface area contributed by atoms with E-state index in [0.717, 1.165) is 11.1 Å². The monoisotopic (exact) mass is 293 g/mol. The quantitative estimate of drug-likeness (QED) is 0.813. The standard InChI is InChI=1S/C19H19NO2/c1-20-17(21)14-19(18(20)22,12-15-8-4-2-5-9-15)13-16-10-6-3-7-11-16/h2-11H,12-14H2,1H3. The molecule has 0 bridgehead atoms. The van der Waals surface area contributed by atoms with Crippen LogP contribution < -0.4 is 0 Å². The Morgan fingerprint density at radius 3 is 1.68 bits per heavy atom. The predicted molar refractivity (Wildman–Crippen MR) is 85.1 cm³/mol. The zero-order valence-corrected chi connectivity index (χ0v) is 12.7. The van der Waals surface area contributed by atoms with Crippen LogP contribution in [0.4, 0.5) is 0 Å². The van der Waals surface area contributed by atoms with Crippen molar-refractivity contribution in [2.45, 2.75) is 19.3 Å². The van der Waals surface area contributed by atoms with Crippen molar-refractivity contribution in [2.75, 3.05) is 7.05 Å². The Morgan fingerprint density at radius 1 is 0.864 bits per heavy atom. The molecule has 2 aromatic carbocycles. The summed E-state index contributed by atoms with van der Waals surface area (Å²) < 4.78 is 0. The highest BCUT2D eigenvalue weighted by atomic mass is 16.2. The summed E-state index contributed by atoms with van der Waals surface area (Å²) in [6.07, 6.45) is 1.47. The highest BCUT2D eigenvalue weighted by molar-refractivity contribution is 6.05. The SMILES string of the molecule is CN1C(=O)CC(Cc2ccccc2)(Cc2ccccc2)C1=O. The van der Waals surface area contributed by atoms with Gasteiger partial charge in [-0.2, -0.15) is 0 Å². The molecule has 0 spiro atoms. The van der Waals surface area contributed by atoms with E-state index < -0.39 is 5.41 Å². The lowest BCUT2D eigenvalue weighted by atomic mass is 9.75. The topological polar surface area (TPSA) is 37.4 Å². The minimum absolute atomic E-state index is 0.0646. The third-order valence-electron chi connectivity index (χ3n) is 4.39. The van der Waals surface area contributed by atoms with Crippen LogP contribution in [0.3, 0.4) is 0 Å². The first-order valence-corrected chi connectivity index (χ1v) is 7.50. The second-order valence-corrected chi connectivity index (χ2v) is 6.04. The number of likely N-dealkylation sites (tertiary alicyclic amines) is 1. The number of benzene rings is 2. The number of hydrogen-bond acceptors (Lipinski definition) is 2. The zero-order chi connectivity index (χ0) is 15.6. The average Bonchev–Trinajstić information content (AvgIpc) is 2.73. The fraction of sp³-hybridized carbons (Fsp3) is 0.263. The molecule has 2 aromatic rings. The van der Waals surface area contributed by atoms with Gasteiger partial charge in [0, 0.05) is 13.5 Å². The third kappa shape index (κ3) is 2.67. The number of carbonyl (C=O) groups is 2. The number of hydrogen-bond donors (Lipinski definition) is 0. The van der Waals surface area contributed by atoms with Crippen molar-refractivity contribution >= 4 is 11.8 Å². The lowest BCUT2D eigenvalue weighted by Crippen LogP contribution is -2.36. The van der Waals surface area contributed by atoms with Crippen LogP contribution in [0.2, 0.25) is 0 Å². The molecule has 0 atom stereocenters. The van der Waals surface area contributed by atoms with E-state index in [4.69, 9.17) is 0 Å². The molecule has 3 rings (SSSR count). The van der Waals surface area contributed by atoms with Crippen LogP contribution >= 0.6 is 0 Å². The molecule has 0 unspecified atom stereocenters. The Labute approximate surface area is 130 Å². The summed E-state index contributed by atoms with van der Waals surface area (Å²) in [5.74, 6) is -0.151. The van der Waals surface area contributed by atoms with Crippen LogP contribution in [0.5, 0.6) is 0 Å². The zero-order valence-electron chi connectivity index (χ0n) is 12.7. The van der Waals surface area contributed by atoms with Crippen molar-refractivity contribution < 1.29 is 9.59 Å². The smallest absolute Gasteiger partial charge is 0.236 e. The molecule has 3 nitrogen and oxygen atoms in total. The highest BCUT2D eigenvalue weighted by Crippen LogP contribution is 2.39. The van der Waals surface area contributed by atoms with E-state index in [1.807, 2.05) is 60.7 Å². The van der Waals surface area contributed by atoms with E-state index in [1.54, 1.807) is 7.05 Å². The molecule has 1 fully saturated rings. The Morgan fingerprint density at radius 2 is 1.32 bits per heavy atom. The van der Waals surface area contributed by atoms with E-state index in [2.05, 4.69) is 0 Å². The molecule has 3 heteroatoms. The van der Waals surface area contributed by atoms with Gasteiger partial charge in [-0.15, -0.1) is 0 Å². The van der Waals surface area contributed by atoms with Gasteiger partial charge in [-0.3, -0.25) is 14.5 Å². The molecule has 0 radical (unpaired) electrons. The van der Waals surface area contributed by atoms with Gasteiger partial charge in [0.1, 0.15) is 0 Å². The number of carbonyl (C=O) groups excluding carboxylic acids is 2. The second-order valence-electron chi connectivity index (χ2n) is 6.04.